The first kappa shape index (κ1) is 32.5. The summed E-state index contributed by atoms with van der Waals surface area (Å²) in [6.45, 7) is 7.65. The number of urea groups is 1. The van der Waals surface area contributed by atoms with E-state index in [2.05, 4.69) is 60.1 Å². The molecule has 0 saturated carbocycles. The lowest BCUT2D eigenvalue weighted by molar-refractivity contribution is -0.143. The normalized spacial score (nSPS) is 21.4. The second kappa shape index (κ2) is 14.5. The van der Waals surface area contributed by atoms with Crippen molar-refractivity contribution in [2.75, 3.05) is 64.7 Å². The van der Waals surface area contributed by atoms with Crippen molar-refractivity contribution in [2.45, 2.75) is 57.2 Å². The summed E-state index contributed by atoms with van der Waals surface area (Å²) in [5.74, 6) is -0.294. The molecule has 0 aromatic heterocycles. The zero-order valence-corrected chi connectivity index (χ0v) is 29.3. The Morgan fingerprint density at radius 3 is 2.16 bits per heavy atom. The van der Waals surface area contributed by atoms with Crippen LogP contribution < -0.4 is 5.32 Å². The highest BCUT2D eigenvalue weighted by Crippen LogP contribution is 2.30. The molecule has 0 aliphatic carbocycles. The van der Waals surface area contributed by atoms with Gasteiger partial charge >= 0.3 is 6.03 Å². The number of amides is 4. The summed E-state index contributed by atoms with van der Waals surface area (Å²) in [5.41, 5.74) is 3.02. The first-order chi connectivity index (χ1) is 21.7. The molecular weight excluding hydrogens is 700 g/mol. The van der Waals surface area contributed by atoms with E-state index in [1.807, 2.05) is 51.1 Å². The van der Waals surface area contributed by atoms with E-state index in [9.17, 15) is 14.4 Å². The molecule has 6 rings (SSSR count). The first-order valence-corrected chi connectivity index (χ1v) is 17.9. The third-order valence-electron chi connectivity index (χ3n) is 10.1. The van der Waals surface area contributed by atoms with Gasteiger partial charge in [0.1, 0.15) is 0 Å². The van der Waals surface area contributed by atoms with E-state index >= 15 is 0 Å². The number of benzene rings is 2. The maximum atomic E-state index is 14.1. The summed E-state index contributed by atoms with van der Waals surface area (Å²) in [6.07, 6.45) is 4.16. The molecule has 3 fully saturated rings. The van der Waals surface area contributed by atoms with Crippen molar-refractivity contribution in [1.29, 1.82) is 0 Å². The van der Waals surface area contributed by atoms with Crippen molar-refractivity contribution in [3.05, 3.63) is 62.5 Å². The lowest BCUT2D eigenvalue weighted by Crippen LogP contribution is -2.54. The Kier molecular flexibility index (Phi) is 10.5. The van der Waals surface area contributed by atoms with E-state index in [0.717, 1.165) is 90.7 Å². The Balaban J connectivity index is 1.08. The van der Waals surface area contributed by atoms with Gasteiger partial charge in [-0.2, -0.15) is 0 Å². The van der Waals surface area contributed by atoms with Gasteiger partial charge < -0.3 is 24.9 Å². The maximum Gasteiger partial charge on any atom is 0.322 e. The van der Waals surface area contributed by atoms with Gasteiger partial charge in [0.25, 0.3) is 0 Å². The smallest absolute Gasteiger partial charge is 0.322 e. The topological polar surface area (TPSA) is 79.4 Å². The number of likely N-dealkylation sites (tertiary alicyclic amines) is 2. The molecule has 11 heteroatoms. The number of piperidine rings is 2. The van der Waals surface area contributed by atoms with Gasteiger partial charge in [0, 0.05) is 92.0 Å². The number of anilines is 1. The molecule has 4 heterocycles. The zero-order chi connectivity index (χ0) is 31.5. The van der Waals surface area contributed by atoms with Crippen LogP contribution in [-0.4, -0.2) is 114 Å². The van der Waals surface area contributed by atoms with Gasteiger partial charge in [-0.25, -0.2) is 4.79 Å². The number of hydrogen-bond donors (Lipinski definition) is 1. The van der Waals surface area contributed by atoms with Crippen molar-refractivity contribution in [3.63, 3.8) is 0 Å². The maximum absolute atomic E-state index is 14.1. The number of piperazine rings is 1. The molecule has 0 unspecified atom stereocenters. The van der Waals surface area contributed by atoms with Crippen LogP contribution in [0.5, 0.6) is 0 Å². The van der Waals surface area contributed by atoms with Gasteiger partial charge in [-0.3, -0.25) is 14.5 Å². The van der Waals surface area contributed by atoms with E-state index in [-0.39, 0.29) is 30.3 Å². The van der Waals surface area contributed by atoms with Crippen molar-refractivity contribution in [1.82, 2.24) is 24.5 Å². The number of fused-ring (bicyclic) bond motifs is 1. The van der Waals surface area contributed by atoms with E-state index in [1.165, 1.54) is 0 Å². The number of hydrogen-bond acceptors (Lipinski definition) is 5. The van der Waals surface area contributed by atoms with E-state index in [4.69, 9.17) is 0 Å². The van der Waals surface area contributed by atoms with Crippen LogP contribution in [0.4, 0.5) is 10.5 Å². The van der Waals surface area contributed by atoms with Crippen LogP contribution in [0.25, 0.3) is 0 Å². The fourth-order valence-corrected chi connectivity index (χ4v) is 8.83. The monoisotopic (exact) mass is 742 g/mol. The second-order valence-corrected chi connectivity index (χ2v) is 14.9. The molecule has 9 nitrogen and oxygen atoms in total. The Morgan fingerprint density at radius 1 is 0.844 bits per heavy atom. The minimum absolute atomic E-state index is 0.0293. The predicted molar refractivity (Wildman–Crippen MR) is 183 cm³/mol. The summed E-state index contributed by atoms with van der Waals surface area (Å²) in [5, 5.41) is 3.02. The fourth-order valence-electron chi connectivity index (χ4n) is 7.44. The van der Waals surface area contributed by atoms with Crippen LogP contribution in [-0.2, 0) is 22.6 Å². The quantitative estimate of drug-likeness (QED) is 0.431. The van der Waals surface area contributed by atoms with E-state index < -0.39 is 5.92 Å². The fraction of sp³-hybridized carbons (Fsp3) is 0.559. The number of nitrogens with one attached hydrogen (secondary N) is 1. The largest absolute Gasteiger partial charge is 0.343 e. The summed E-state index contributed by atoms with van der Waals surface area (Å²) >= 11 is 7.18. The van der Waals surface area contributed by atoms with Crippen LogP contribution in [0.15, 0.2) is 51.4 Å². The van der Waals surface area contributed by atoms with E-state index in [0.29, 0.717) is 32.1 Å². The minimum atomic E-state index is -0.416. The van der Waals surface area contributed by atoms with Gasteiger partial charge in [0.2, 0.25) is 11.8 Å². The third kappa shape index (κ3) is 7.92. The molecular formula is C34H44Br2N6O3. The molecule has 1 atom stereocenters. The van der Waals surface area contributed by atoms with Gasteiger partial charge in [-0.1, -0.05) is 50.1 Å². The molecule has 242 valence electrons. The standard InChI is InChI=1S/C34H44Br2N6O3/c1-38-14-16-39(17-15-38)29-6-12-41(13-7-29)33(44)26(18-24-19-27(35)22-28(36)20-24)21-32(43)40-10-8-30(9-11-40)42-23-25-4-2-3-5-31(25)37-34(42)45/h2-5,19-20,22,26,29-30H,6-18,21,23H2,1H3,(H,37,45)/t26-/m1/s1. The van der Waals surface area contributed by atoms with Crippen molar-refractivity contribution in [3.8, 4) is 0 Å². The Hall–Kier alpha value is -2.47. The number of carbonyl (C=O) groups is 3. The van der Waals surface area contributed by atoms with Gasteiger partial charge in [0.15, 0.2) is 0 Å². The minimum Gasteiger partial charge on any atom is -0.343 e. The summed E-state index contributed by atoms with van der Waals surface area (Å²) in [7, 11) is 2.18. The van der Waals surface area contributed by atoms with Crippen LogP contribution in [0.2, 0.25) is 0 Å². The zero-order valence-electron chi connectivity index (χ0n) is 26.1. The number of rotatable bonds is 7. The molecule has 2 aromatic rings. The number of para-hydroxylation sites is 1. The Labute approximate surface area is 283 Å². The Morgan fingerprint density at radius 2 is 1.47 bits per heavy atom. The molecule has 4 aliphatic heterocycles. The predicted octanol–water partition coefficient (Wildman–Crippen LogP) is 5.04. The lowest BCUT2D eigenvalue weighted by Gasteiger charge is -2.43. The van der Waals surface area contributed by atoms with E-state index in [1.54, 1.807) is 0 Å². The number of likely N-dealkylation sites (N-methyl/N-ethyl adjacent to an activating group) is 1. The van der Waals surface area contributed by atoms with Gasteiger partial charge in [0.05, 0.1) is 5.92 Å². The highest BCUT2D eigenvalue weighted by molar-refractivity contribution is 9.11. The number of carbonyl (C=O) groups excluding carboxylic acids is 3. The van der Waals surface area contributed by atoms with Crippen molar-refractivity contribution >= 4 is 55.4 Å². The molecule has 3 saturated heterocycles. The van der Waals surface area contributed by atoms with Crippen molar-refractivity contribution in [2.24, 2.45) is 5.92 Å². The summed E-state index contributed by atoms with van der Waals surface area (Å²) in [6, 6.07) is 14.5. The SMILES string of the molecule is CN1CCN(C2CCN(C(=O)[C@@H](CC(=O)N3CCC(N4Cc5ccccc5NC4=O)CC3)Cc3cc(Br)cc(Br)c3)CC2)CC1. The molecule has 0 spiro atoms. The van der Waals surface area contributed by atoms with Gasteiger partial charge in [-0.15, -0.1) is 0 Å². The molecule has 4 aliphatic rings. The number of halogens is 2. The first-order valence-electron chi connectivity index (χ1n) is 16.3. The molecule has 2 aromatic carbocycles. The summed E-state index contributed by atoms with van der Waals surface area (Å²) < 4.78 is 1.90. The molecule has 0 radical (unpaired) electrons. The highest BCUT2D eigenvalue weighted by atomic mass is 79.9. The van der Waals surface area contributed by atoms with Crippen LogP contribution >= 0.6 is 31.9 Å². The van der Waals surface area contributed by atoms with Crippen LogP contribution in [0.1, 0.15) is 43.2 Å². The van der Waals surface area contributed by atoms with Gasteiger partial charge in [-0.05, 0) is 74.5 Å². The average Bonchev–Trinajstić information content (AvgIpc) is 3.04. The van der Waals surface area contributed by atoms with Crippen LogP contribution in [0.3, 0.4) is 0 Å². The lowest BCUT2D eigenvalue weighted by atomic mass is 9.92. The number of nitrogens with zero attached hydrogens (tertiary/aromatic N) is 5. The molecule has 1 N–H and O–H groups in total. The molecule has 0 bridgehead atoms. The molecule has 4 amide bonds. The summed E-state index contributed by atoms with van der Waals surface area (Å²) in [4.78, 5) is 51.5. The molecule has 45 heavy (non-hydrogen) atoms. The third-order valence-corrected chi connectivity index (χ3v) is 11.0. The second-order valence-electron chi connectivity index (χ2n) is 13.1. The van der Waals surface area contributed by atoms with Crippen molar-refractivity contribution < 1.29 is 14.4 Å². The van der Waals surface area contributed by atoms with Crippen LogP contribution in [0, 0.1) is 5.92 Å². The average molecular weight is 745 g/mol. The highest BCUT2D eigenvalue weighted by Gasteiger charge is 2.36. The Bertz CT molecular complexity index is 1360.